The van der Waals surface area contributed by atoms with Crippen LogP contribution < -0.4 is 4.74 Å². The fourth-order valence-corrected chi connectivity index (χ4v) is 4.47. The molecule has 0 spiro atoms. The van der Waals surface area contributed by atoms with Crippen molar-refractivity contribution < 1.29 is 17.5 Å². The van der Waals surface area contributed by atoms with Crippen molar-refractivity contribution in [1.82, 2.24) is 9.21 Å². The molecule has 0 N–H and O–H groups in total. The zero-order valence-corrected chi connectivity index (χ0v) is 15.6. The minimum Gasteiger partial charge on any atom is -0.494 e. The van der Waals surface area contributed by atoms with Gasteiger partial charge in [0.15, 0.2) is 0 Å². The van der Waals surface area contributed by atoms with Crippen molar-refractivity contribution in [2.75, 3.05) is 32.8 Å². The monoisotopic (exact) mass is 378 g/mol. The molecule has 1 aliphatic heterocycles. The number of hydrogen-bond donors (Lipinski definition) is 0. The summed E-state index contributed by atoms with van der Waals surface area (Å²) in [5.41, 5.74) is 0.896. The molecular formula is C19H23FN2O3S. The van der Waals surface area contributed by atoms with E-state index >= 15 is 0 Å². The topological polar surface area (TPSA) is 49.9 Å². The Bertz CT molecular complexity index is 832. The van der Waals surface area contributed by atoms with Crippen molar-refractivity contribution in [2.45, 2.75) is 18.4 Å². The number of rotatable bonds is 6. The van der Waals surface area contributed by atoms with Crippen molar-refractivity contribution in [3.8, 4) is 5.75 Å². The molecule has 1 aliphatic rings. The average molecular weight is 378 g/mol. The lowest BCUT2D eigenvalue weighted by Crippen LogP contribution is -2.48. The van der Waals surface area contributed by atoms with Gasteiger partial charge in [-0.25, -0.2) is 12.8 Å². The van der Waals surface area contributed by atoms with E-state index in [1.165, 1.54) is 16.4 Å². The van der Waals surface area contributed by atoms with Gasteiger partial charge in [-0.05, 0) is 48.9 Å². The lowest BCUT2D eigenvalue weighted by atomic mass is 10.2. The van der Waals surface area contributed by atoms with Crippen LogP contribution in [0.25, 0.3) is 0 Å². The maximum absolute atomic E-state index is 13.3. The molecule has 26 heavy (non-hydrogen) atoms. The summed E-state index contributed by atoms with van der Waals surface area (Å²) in [6.07, 6.45) is 0. The maximum atomic E-state index is 13.3. The van der Waals surface area contributed by atoms with Crippen molar-refractivity contribution in [3.05, 3.63) is 59.9 Å². The quantitative estimate of drug-likeness (QED) is 0.776. The molecule has 0 atom stereocenters. The average Bonchev–Trinajstić information content (AvgIpc) is 2.63. The van der Waals surface area contributed by atoms with Crippen LogP contribution in [0.15, 0.2) is 53.4 Å². The molecule has 0 saturated carbocycles. The third kappa shape index (κ3) is 4.41. The molecule has 0 amide bonds. The van der Waals surface area contributed by atoms with Gasteiger partial charge < -0.3 is 4.74 Å². The molecule has 2 aromatic carbocycles. The van der Waals surface area contributed by atoms with Gasteiger partial charge >= 0.3 is 0 Å². The molecule has 0 bridgehead atoms. The Balaban J connectivity index is 1.61. The Labute approximate surface area is 154 Å². The molecule has 0 aromatic heterocycles. The summed E-state index contributed by atoms with van der Waals surface area (Å²) in [6, 6.07) is 13.0. The molecule has 140 valence electrons. The van der Waals surface area contributed by atoms with Crippen LogP contribution in [0, 0.1) is 5.82 Å². The Hall–Kier alpha value is -1.96. The third-order valence-corrected chi connectivity index (χ3v) is 6.31. The van der Waals surface area contributed by atoms with E-state index in [0.29, 0.717) is 45.1 Å². The Morgan fingerprint density at radius 1 is 1.04 bits per heavy atom. The molecule has 0 radical (unpaired) electrons. The molecule has 7 heteroatoms. The minimum atomic E-state index is -3.51. The first-order valence-corrected chi connectivity index (χ1v) is 10.1. The number of ether oxygens (including phenoxy) is 1. The lowest BCUT2D eigenvalue weighted by Gasteiger charge is -2.34. The molecule has 1 fully saturated rings. The SMILES string of the molecule is CCOc1ccc(S(=O)(=O)N2CCN(Cc3cccc(F)c3)CC2)cc1. The maximum Gasteiger partial charge on any atom is 0.243 e. The highest BCUT2D eigenvalue weighted by Crippen LogP contribution is 2.21. The first-order chi connectivity index (χ1) is 12.5. The summed E-state index contributed by atoms with van der Waals surface area (Å²) in [5, 5.41) is 0. The van der Waals surface area contributed by atoms with Crippen LogP contribution in [0.3, 0.4) is 0 Å². The number of benzene rings is 2. The van der Waals surface area contributed by atoms with Gasteiger partial charge in [0.05, 0.1) is 11.5 Å². The van der Waals surface area contributed by atoms with Crippen LogP contribution in [0.2, 0.25) is 0 Å². The van der Waals surface area contributed by atoms with E-state index in [1.807, 2.05) is 13.0 Å². The van der Waals surface area contributed by atoms with E-state index in [4.69, 9.17) is 4.74 Å². The van der Waals surface area contributed by atoms with E-state index in [-0.39, 0.29) is 10.7 Å². The molecule has 3 rings (SSSR count). The smallest absolute Gasteiger partial charge is 0.243 e. The standard InChI is InChI=1S/C19H23FN2O3S/c1-2-25-18-6-8-19(9-7-18)26(23,24)22-12-10-21(11-13-22)15-16-4-3-5-17(20)14-16/h3-9,14H,2,10-13,15H2,1H3. The van der Waals surface area contributed by atoms with E-state index in [9.17, 15) is 12.8 Å². The van der Waals surface area contributed by atoms with Crippen molar-refractivity contribution in [1.29, 1.82) is 0 Å². The van der Waals surface area contributed by atoms with Gasteiger partial charge in [-0.3, -0.25) is 4.90 Å². The van der Waals surface area contributed by atoms with E-state index in [0.717, 1.165) is 5.56 Å². The fraction of sp³-hybridized carbons (Fsp3) is 0.368. The fourth-order valence-electron chi connectivity index (χ4n) is 3.05. The van der Waals surface area contributed by atoms with Crippen LogP contribution in [0.5, 0.6) is 5.75 Å². The summed E-state index contributed by atoms with van der Waals surface area (Å²) >= 11 is 0. The minimum absolute atomic E-state index is 0.251. The van der Waals surface area contributed by atoms with Crippen LogP contribution >= 0.6 is 0 Å². The number of hydrogen-bond acceptors (Lipinski definition) is 4. The van der Waals surface area contributed by atoms with E-state index < -0.39 is 10.0 Å². The van der Waals surface area contributed by atoms with Gasteiger partial charge in [-0.15, -0.1) is 0 Å². The molecule has 0 aliphatic carbocycles. The van der Waals surface area contributed by atoms with E-state index in [2.05, 4.69) is 4.90 Å². The summed E-state index contributed by atoms with van der Waals surface area (Å²) in [4.78, 5) is 2.42. The molecule has 2 aromatic rings. The van der Waals surface area contributed by atoms with Gasteiger partial charge in [0.25, 0.3) is 0 Å². The Morgan fingerprint density at radius 2 is 1.73 bits per heavy atom. The number of piperazine rings is 1. The second kappa shape index (κ2) is 8.16. The van der Waals surface area contributed by atoms with Crippen LogP contribution in [-0.2, 0) is 16.6 Å². The van der Waals surface area contributed by atoms with Gasteiger partial charge in [0, 0.05) is 32.7 Å². The first kappa shape index (κ1) is 18.8. The largest absolute Gasteiger partial charge is 0.494 e. The third-order valence-electron chi connectivity index (χ3n) is 4.40. The predicted octanol–water partition coefficient (Wildman–Crippen LogP) is 2.73. The van der Waals surface area contributed by atoms with Gasteiger partial charge in [-0.1, -0.05) is 12.1 Å². The highest BCUT2D eigenvalue weighted by molar-refractivity contribution is 7.89. The Morgan fingerprint density at radius 3 is 2.35 bits per heavy atom. The first-order valence-electron chi connectivity index (χ1n) is 8.69. The summed E-state index contributed by atoms with van der Waals surface area (Å²) in [5.74, 6) is 0.408. The normalized spacial score (nSPS) is 16.5. The van der Waals surface area contributed by atoms with Crippen LogP contribution in [0.1, 0.15) is 12.5 Å². The van der Waals surface area contributed by atoms with Gasteiger partial charge in [-0.2, -0.15) is 4.31 Å². The second-order valence-corrected chi connectivity index (χ2v) is 8.15. The summed E-state index contributed by atoms with van der Waals surface area (Å²) in [7, 11) is -3.51. The highest BCUT2D eigenvalue weighted by Gasteiger charge is 2.28. The summed E-state index contributed by atoms with van der Waals surface area (Å²) < 4.78 is 45.7. The molecule has 1 heterocycles. The van der Waals surface area contributed by atoms with Gasteiger partial charge in [0.1, 0.15) is 11.6 Å². The zero-order chi connectivity index (χ0) is 18.6. The molecule has 0 unspecified atom stereocenters. The Kier molecular flexibility index (Phi) is 5.90. The lowest BCUT2D eigenvalue weighted by molar-refractivity contribution is 0.181. The van der Waals surface area contributed by atoms with Crippen LogP contribution in [0.4, 0.5) is 4.39 Å². The van der Waals surface area contributed by atoms with Crippen LogP contribution in [-0.4, -0.2) is 50.4 Å². The second-order valence-electron chi connectivity index (χ2n) is 6.21. The molecular weight excluding hydrogens is 355 g/mol. The highest BCUT2D eigenvalue weighted by atomic mass is 32.2. The van der Waals surface area contributed by atoms with Crippen molar-refractivity contribution in [2.24, 2.45) is 0 Å². The molecule has 5 nitrogen and oxygen atoms in total. The van der Waals surface area contributed by atoms with E-state index in [1.54, 1.807) is 30.3 Å². The number of sulfonamides is 1. The van der Waals surface area contributed by atoms with Crippen molar-refractivity contribution in [3.63, 3.8) is 0 Å². The predicted molar refractivity (Wildman–Crippen MR) is 98.0 cm³/mol. The van der Waals surface area contributed by atoms with Crippen molar-refractivity contribution >= 4 is 10.0 Å². The number of nitrogens with zero attached hydrogens (tertiary/aromatic N) is 2. The van der Waals surface area contributed by atoms with Gasteiger partial charge in [0.2, 0.25) is 10.0 Å². The zero-order valence-electron chi connectivity index (χ0n) is 14.8. The number of halogens is 1. The summed E-state index contributed by atoms with van der Waals surface area (Å²) in [6.45, 7) is 5.12. The molecule has 1 saturated heterocycles.